The Morgan fingerprint density at radius 2 is 2.21 bits per heavy atom. The molecule has 5 heteroatoms. The van der Waals surface area contributed by atoms with Crippen molar-refractivity contribution in [2.75, 3.05) is 13.7 Å². The number of Topliss-reactive ketones (excluding diaryl/α,β-unsaturated/α-hetero) is 1. The van der Waals surface area contributed by atoms with Gasteiger partial charge in [-0.1, -0.05) is 0 Å². The summed E-state index contributed by atoms with van der Waals surface area (Å²) in [5.41, 5.74) is 1.50. The van der Waals surface area contributed by atoms with E-state index in [1.54, 1.807) is 30.1 Å². The summed E-state index contributed by atoms with van der Waals surface area (Å²) in [5, 5.41) is 4.13. The standard InChI is InChI=1S/C14H15FN2O2/c1-10(18)11-3-4-13(15)12(9-11)14-5-6-16-17(14)7-8-19-2/h3-6,9H,7-8H2,1-2H3. The number of nitrogens with zero attached hydrogens (tertiary/aromatic N) is 2. The van der Waals surface area contributed by atoms with Gasteiger partial charge in [0.05, 0.1) is 18.8 Å². The van der Waals surface area contributed by atoms with Crippen molar-refractivity contribution in [2.45, 2.75) is 13.5 Å². The zero-order valence-electron chi connectivity index (χ0n) is 10.9. The SMILES string of the molecule is COCCn1nccc1-c1cc(C(C)=O)ccc1F. The first kappa shape index (κ1) is 13.4. The van der Waals surface area contributed by atoms with Crippen LogP contribution in [0.3, 0.4) is 0 Å². The Kier molecular flexibility index (Phi) is 4.06. The van der Waals surface area contributed by atoms with Gasteiger partial charge in [0.25, 0.3) is 0 Å². The van der Waals surface area contributed by atoms with Crippen LogP contribution in [0.25, 0.3) is 11.3 Å². The van der Waals surface area contributed by atoms with Crippen LogP contribution < -0.4 is 0 Å². The number of carbonyl (C=O) groups is 1. The van der Waals surface area contributed by atoms with E-state index >= 15 is 0 Å². The van der Waals surface area contributed by atoms with Gasteiger partial charge in [-0.05, 0) is 31.2 Å². The summed E-state index contributed by atoms with van der Waals surface area (Å²) in [7, 11) is 1.60. The number of methoxy groups -OCH3 is 1. The molecule has 0 aliphatic carbocycles. The van der Waals surface area contributed by atoms with E-state index in [1.165, 1.54) is 19.1 Å². The largest absolute Gasteiger partial charge is 0.383 e. The summed E-state index contributed by atoms with van der Waals surface area (Å²) in [6.07, 6.45) is 1.60. The molecular formula is C14H15FN2O2. The Morgan fingerprint density at radius 3 is 2.89 bits per heavy atom. The molecule has 0 fully saturated rings. The van der Waals surface area contributed by atoms with E-state index in [1.807, 2.05) is 0 Å². The van der Waals surface area contributed by atoms with Gasteiger partial charge in [-0.2, -0.15) is 5.10 Å². The van der Waals surface area contributed by atoms with Crippen LogP contribution in [0, 0.1) is 5.82 Å². The van der Waals surface area contributed by atoms with Crippen LogP contribution >= 0.6 is 0 Å². The fourth-order valence-electron chi connectivity index (χ4n) is 1.86. The molecule has 100 valence electrons. The van der Waals surface area contributed by atoms with Gasteiger partial charge in [0.15, 0.2) is 5.78 Å². The lowest BCUT2D eigenvalue weighted by Crippen LogP contribution is -2.08. The van der Waals surface area contributed by atoms with Gasteiger partial charge in [-0.25, -0.2) is 4.39 Å². The molecule has 1 heterocycles. The van der Waals surface area contributed by atoms with Crippen molar-refractivity contribution in [1.29, 1.82) is 0 Å². The van der Waals surface area contributed by atoms with E-state index in [-0.39, 0.29) is 11.6 Å². The van der Waals surface area contributed by atoms with Crippen molar-refractivity contribution < 1.29 is 13.9 Å². The third kappa shape index (κ3) is 2.88. The molecule has 1 aromatic heterocycles. The first-order valence-electron chi connectivity index (χ1n) is 5.95. The van der Waals surface area contributed by atoms with E-state index in [0.29, 0.717) is 30.0 Å². The molecule has 0 unspecified atom stereocenters. The van der Waals surface area contributed by atoms with Crippen LogP contribution in [0.5, 0.6) is 0 Å². The van der Waals surface area contributed by atoms with Crippen molar-refractivity contribution in [3.05, 3.63) is 41.8 Å². The average Bonchev–Trinajstić information content (AvgIpc) is 2.84. The number of carbonyl (C=O) groups excluding carboxylic acids is 1. The number of benzene rings is 1. The van der Waals surface area contributed by atoms with E-state index < -0.39 is 0 Å². The lowest BCUT2D eigenvalue weighted by atomic mass is 10.1. The predicted molar refractivity (Wildman–Crippen MR) is 69.5 cm³/mol. The molecule has 0 amide bonds. The molecular weight excluding hydrogens is 247 g/mol. The fourth-order valence-corrected chi connectivity index (χ4v) is 1.86. The summed E-state index contributed by atoms with van der Waals surface area (Å²) in [6.45, 7) is 2.48. The second-order valence-electron chi connectivity index (χ2n) is 4.18. The van der Waals surface area contributed by atoms with Gasteiger partial charge in [0.2, 0.25) is 0 Å². The van der Waals surface area contributed by atoms with E-state index in [2.05, 4.69) is 5.10 Å². The Bertz CT molecular complexity index is 593. The molecule has 19 heavy (non-hydrogen) atoms. The normalized spacial score (nSPS) is 10.7. The summed E-state index contributed by atoms with van der Waals surface area (Å²) < 4.78 is 20.6. The first-order chi connectivity index (χ1) is 9.13. The first-order valence-corrected chi connectivity index (χ1v) is 5.95. The van der Waals surface area contributed by atoms with Crippen molar-refractivity contribution >= 4 is 5.78 Å². The minimum Gasteiger partial charge on any atom is -0.383 e. The quantitative estimate of drug-likeness (QED) is 0.778. The summed E-state index contributed by atoms with van der Waals surface area (Å²) in [5.74, 6) is -0.464. The number of halogens is 1. The van der Waals surface area contributed by atoms with Crippen molar-refractivity contribution in [3.63, 3.8) is 0 Å². The summed E-state index contributed by atoms with van der Waals surface area (Å²) in [6, 6.07) is 6.06. The third-order valence-electron chi connectivity index (χ3n) is 2.87. The minimum atomic E-state index is -0.371. The van der Waals surface area contributed by atoms with Gasteiger partial charge in [-0.15, -0.1) is 0 Å². The predicted octanol–water partition coefficient (Wildman–Crippen LogP) is 2.54. The number of aromatic nitrogens is 2. The number of hydrogen-bond acceptors (Lipinski definition) is 3. The fraction of sp³-hybridized carbons (Fsp3) is 0.286. The van der Waals surface area contributed by atoms with Gasteiger partial charge < -0.3 is 4.74 Å². The molecule has 0 saturated carbocycles. The summed E-state index contributed by atoms with van der Waals surface area (Å²) in [4.78, 5) is 11.4. The summed E-state index contributed by atoms with van der Waals surface area (Å²) >= 11 is 0. The lowest BCUT2D eigenvalue weighted by molar-refractivity contribution is 0.101. The van der Waals surface area contributed by atoms with Gasteiger partial charge >= 0.3 is 0 Å². The van der Waals surface area contributed by atoms with Crippen LogP contribution in [-0.4, -0.2) is 29.3 Å². The molecule has 0 bridgehead atoms. The number of ether oxygens (including phenoxy) is 1. The smallest absolute Gasteiger partial charge is 0.159 e. The molecule has 0 atom stereocenters. The number of hydrogen-bond donors (Lipinski definition) is 0. The van der Waals surface area contributed by atoms with Crippen molar-refractivity contribution in [3.8, 4) is 11.3 Å². The Labute approximate surface area is 110 Å². The third-order valence-corrected chi connectivity index (χ3v) is 2.87. The molecule has 0 aliphatic rings. The van der Waals surface area contributed by atoms with Crippen LogP contribution in [0.2, 0.25) is 0 Å². The van der Waals surface area contributed by atoms with Gasteiger partial charge in [0.1, 0.15) is 5.82 Å². The van der Waals surface area contributed by atoms with Crippen LogP contribution in [-0.2, 0) is 11.3 Å². The highest BCUT2D eigenvalue weighted by Gasteiger charge is 2.12. The molecule has 0 saturated heterocycles. The topological polar surface area (TPSA) is 44.1 Å². The molecule has 1 aromatic carbocycles. The second-order valence-corrected chi connectivity index (χ2v) is 4.18. The Balaban J connectivity index is 2.43. The molecule has 0 N–H and O–H groups in total. The highest BCUT2D eigenvalue weighted by atomic mass is 19.1. The van der Waals surface area contributed by atoms with E-state index in [4.69, 9.17) is 4.74 Å². The van der Waals surface area contributed by atoms with Gasteiger partial charge in [-0.3, -0.25) is 9.48 Å². The maximum atomic E-state index is 13.9. The second kappa shape index (κ2) is 5.75. The lowest BCUT2D eigenvalue weighted by Gasteiger charge is -2.09. The van der Waals surface area contributed by atoms with Crippen LogP contribution in [0.4, 0.5) is 4.39 Å². The average molecular weight is 262 g/mol. The maximum Gasteiger partial charge on any atom is 0.159 e. The molecule has 0 radical (unpaired) electrons. The zero-order valence-corrected chi connectivity index (χ0v) is 10.9. The number of ketones is 1. The molecule has 0 spiro atoms. The van der Waals surface area contributed by atoms with Crippen molar-refractivity contribution in [1.82, 2.24) is 9.78 Å². The van der Waals surface area contributed by atoms with E-state index in [9.17, 15) is 9.18 Å². The Hall–Kier alpha value is -2.01. The van der Waals surface area contributed by atoms with Crippen molar-refractivity contribution in [2.24, 2.45) is 0 Å². The van der Waals surface area contributed by atoms with Crippen LogP contribution in [0.15, 0.2) is 30.5 Å². The minimum absolute atomic E-state index is 0.0933. The molecule has 2 rings (SSSR count). The van der Waals surface area contributed by atoms with E-state index in [0.717, 1.165) is 0 Å². The highest BCUT2D eigenvalue weighted by Crippen LogP contribution is 2.24. The molecule has 0 aliphatic heterocycles. The van der Waals surface area contributed by atoms with Gasteiger partial charge in [0, 0.05) is 24.4 Å². The maximum absolute atomic E-state index is 13.9. The van der Waals surface area contributed by atoms with Crippen LogP contribution in [0.1, 0.15) is 17.3 Å². The number of rotatable bonds is 5. The zero-order chi connectivity index (χ0) is 13.8. The molecule has 2 aromatic rings. The Morgan fingerprint density at radius 1 is 1.42 bits per heavy atom. The molecule has 4 nitrogen and oxygen atoms in total. The monoisotopic (exact) mass is 262 g/mol. The highest BCUT2D eigenvalue weighted by molar-refractivity contribution is 5.95.